The highest BCUT2D eigenvalue weighted by atomic mass is 32.1. The van der Waals surface area contributed by atoms with Gasteiger partial charge in [0.25, 0.3) is 5.91 Å². The van der Waals surface area contributed by atoms with Gasteiger partial charge in [0.2, 0.25) is 5.88 Å². The van der Waals surface area contributed by atoms with Crippen LogP contribution in [0.3, 0.4) is 0 Å². The number of carboxylic acids is 1. The number of ether oxygens (including phenoxy) is 2. The molecular formula is C26H29N5O5S. The van der Waals surface area contributed by atoms with Crippen molar-refractivity contribution in [1.29, 1.82) is 0 Å². The molecule has 2 aliphatic rings. The molecule has 194 valence electrons. The number of carbonyl (C=O) groups is 2. The summed E-state index contributed by atoms with van der Waals surface area (Å²) < 4.78 is 11.4. The summed E-state index contributed by atoms with van der Waals surface area (Å²) in [4.78, 5) is 38.8. The summed E-state index contributed by atoms with van der Waals surface area (Å²) in [7, 11) is 0. The number of benzene rings is 1. The molecular weight excluding hydrogens is 494 g/mol. The zero-order valence-electron chi connectivity index (χ0n) is 20.3. The molecule has 3 N–H and O–H groups in total. The predicted molar refractivity (Wildman–Crippen MR) is 138 cm³/mol. The van der Waals surface area contributed by atoms with E-state index in [0.717, 1.165) is 37.1 Å². The lowest BCUT2D eigenvalue weighted by molar-refractivity contribution is -0.138. The fraction of sp³-hybridized carbons (Fsp3) is 0.423. The van der Waals surface area contributed by atoms with Gasteiger partial charge in [0.05, 0.1) is 24.4 Å². The van der Waals surface area contributed by atoms with Crippen molar-refractivity contribution in [1.82, 2.24) is 15.0 Å². The summed E-state index contributed by atoms with van der Waals surface area (Å²) in [5.74, 6) is -0.234. The van der Waals surface area contributed by atoms with Gasteiger partial charge in [-0.15, -0.1) is 11.3 Å². The van der Waals surface area contributed by atoms with E-state index in [4.69, 9.17) is 20.3 Å². The van der Waals surface area contributed by atoms with Crippen LogP contribution in [0.5, 0.6) is 11.9 Å². The molecule has 37 heavy (non-hydrogen) atoms. The minimum absolute atomic E-state index is 0.0142. The topological polar surface area (TPSA) is 141 Å². The number of nitrogen functional groups attached to an aromatic ring is 1. The molecule has 1 aliphatic heterocycles. The van der Waals surface area contributed by atoms with E-state index < -0.39 is 5.97 Å². The Hall–Kier alpha value is -3.73. The van der Waals surface area contributed by atoms with Gasteiger partial charge in [0, 0.05) is 23.9 Å². The Bertz CT molecular complexity index is 1240. The number of nitrogens with zero attached hydrogens (tertiary/aromatic N) is 4. The molecule has 0 radical (unpaired) electrons. The van der Waals surface area contributed by atoms with Crippen LogP contribution in [0, 0.1) is 5.92 Å². The van der Waals surface area contributed by atoms with Crippen molar-refractivity contribution in [2.24, 2.45) is 5.92 Å². The van der Waals surface area contributed by atoms with E-state index >= 15 is 0 Å². The van der Waals surface area contributed by atoms with Crippen LogP contribution in [0.25, 0.3) is 0 Å². The molecule has 0 saturated heterocycles. The minimum atomic E-state index is -0.720. The Morgan fingerprint density at radius 2 is 1.97 bits per heavy atom. The molecule has 0 spiro atoms. The van der Waals surface area contributed by atoms with Crippen molar-refractivity contribution in [3.05, 3.63) is 52.0 Å². The van der Waals surface area contributed by atoms with E-state index in [1.807, 2.05) is 17.5 Å². The Kier molecular flexibility index (Phi) is 7.50. The Labute approximate surface area is 218 Å². The van der Waals surface area contributed by atoms with E-state index in [9.17, 15) is 9.59 Å². The summed E-state index contributed by atoms with van der Waals surface area (Å²) >= 11 is 1.52. The summed E-state index contributed by atoms with van der Waals surface area (Å²) in [6.45, 7) is 0.923. The quantitative estimate of drug-likeness (QED) is 0.449. The Morgan fingerprint density at radius 1 is 1.19 bits per heavy atom. The smallest absolute Gasteiger partial charge is 0.321 e. The highest BCUT2D eigenvalue weighted by Gasteiger charge is 2.30. The summed E-state index contributed by atoms with van der Waals surface area (Å²) in [6, 6.07) is 8.05. The van der Waals surface area contributed by atoms with Gasteiger partial charge in [-0.05, 0) is 55.2 Å². The number of hydrogen-bond acceptors (Lipinski definition) is 9. The number of anilines is 2. The Balaban J connectivity index is 1.25. The summed E-state index contributed by atoms with van der Waals surface area (Å²) in [5.41, 5.74) is 10.9. The van der Waals surface area contributed by atoms with Crippen LogP contribution in [0.1, 0.15) is 59.6 Å². The Morgan fingerprint density at radius 3 is 2.68 bits per heavy atom. The average Bonchev–Trinajstić information content (AvgIpc) is 3.34. The van der Waals surface area contributed by atoms with Gasteiger partial charge in [-0.3, -0.25) is 9.59 Å². The first-order chi connectivity index (χ1) is 18.0. The van der Waals surface area contributed by atoms with E-state index in [2.05, 4.69) is 27.1 Å². The molecule has 2 aromatic heterocycles. The maximum atomic E-state index is 13.4. The molecule has 11 heteroatoms. The van der Waals surface area contributed by atoms with Crippen molar-refractivity contribution in [2.75, 3.05) is 30.4 Å². The lowest BCUT2D eigenvalue weighted by Gasteiger charge is -2.28. The third-order valence-corrected chi connectivity index (χ3v) is 7.59. The number of aliphatic carboxylic acids is 1. The molecule has 1 amide bonds. The second kappa shape index (κ2) is 11.1. The molecule has 0 bridgehead atoms. The number of carbonyl (C=O) groups excluding carboxylic acids is 1. The normalized spacial score (nSPS) is 19.6. The van der Waals surface area contributed by atoms with E-state index in [-0.39, 0.29) is 48.1 Å². The van der Waals surface area contributed by atoms with Gasteiger partial charge < -0.3 is 25.2 Å². The third-order valence-electron chi connectivity index (χ3n) is 6.96. The number of carboxylic acid groups (broad SMARTS) is 1. The minimum Gasteiger partial charge on any atom is -0.481 e. The van der Waals surface area contributed by atoms with Crippen LogP contribution in [0.4, 0.5) is 11.5 Å². The van der Waals surface area contributed by atoms with Gasteiger partial charge in [-0.2, -0.15) is 9.97 Å². The molecule has 0 unspecified atom stereocenters. The second-order valence-corrected chi connectivity index (χ2v) is 10.1. The molecule has 5 rings (SSSR count). The van der Waals surface area contributed by atoms with Crippen LogP contribution in [0.2, 0.25) is 0 Å². The first-order valence-electron chi connectivity index (χ1n) is 12.4. The first kappa shape index (κ1) is 24.9. The van der Waals surface area contributed by atoms with Gasteiger partial charge in [-0.25, -0.2) is 4.98 Å². The van der Waals surface area contributed by atoms with Gasteiger partial charge >= 0.3 is 12.0 Å². The first-order valence-corrected chi connectivity index (χ1v) is 13.4. The maximum Gasteiger partial charge on any atom is 0.321 e. The number of hydrogen-bond donors (Lipinski definition) is 2. The van der Waals surface area contributed by atoms with E-state index in [1.165, 1.54) is 16.9 Å². The third kappa shape index (κ3) is 5.82. The molecule has 3 aromatic rings. The van der Waals surface area contributed by atoms with Gasteiger partial charge in [0.1, 0.15) is 18.0 Å². The highest BCUT2D eigenvalue weighted by molar-refractivity contribution is 7.07. The monoisotopic (exact) mass is 523 g/mol. The SMILES string of the molecule is Nc1nc(OCCc2cscn2)nc2c1C(=O)N(c1ccc(C3CCC(CC(=O)O)CC3)cc1)CCO2. The van der Waals surface area contributed by atoms with Gasteiger partial charge in [0.15, 0.2) is 0 Å². The zero-order chi connectivity index (χ0) is 25.8. The highest BCUT2D eigenvalue weighted by Crippen LogP contribution is 2.38. The van der Waals surface area contributed by atoms with Gasteiger partial charge in [-0.1, -0.05) is 12.1 Å². The van der Waals surface area contributed by atoms with E-state index in [1.54, 1.807) is 10.4 Å². The largest absolute Gasteiger partial charge is 0.481 e. The summed E-state index contributed by atoms with van der Waals surface area (Å²) in [5, 5.41) is 11.0. The number of rotatable bonds is 8. The van der Waals surface area contributed by atoms with Crippen LogP contribution in [-0.4, -0.2) is 51.7 Å². The number of thiazole rings is 1. The number of amides is 1. The number of nitrogens with two attached hydrogens (primary N) is 1. The number of fused-ring (bicyclic) bond motifs is 1. The number of aromatic nitrogens is 3. The van der Waals surface area contributed by atoms with Crippen molar-refractivity contribution >= 4 is 34.7 Å². The average molecular weight is 524 g/mol. The standard InChI is InChI=1S/C26H29N5O5S/c27-23-22-24(30-26(29-23)36-11-9-19-14-37-15-28-19)35-12-10-31(25(22)34)20-7-5-18(6-8-20)17-3-1-16(2-4-17)13-21(32)33/h5-8,14-17H,1-4,9-13H2,(H,32,33)(H2,27,29,30). The maximum absolute atomic E-state index is 13.4. The predicted octanol–water partition coefficient (Wildman–Crippen LogP) is 3.92. The molecule has 1 saturated carbocycles. The van der Waals surface area contributed by atoms with Crippen molar-refractivity contribution in [2.45, 2.75) is 44.4 Å². The molecule has 1 aromatic carbocycles. The second-order valence-electron chi connectivity index (χ2n) is 9.36. The van der Waals surface area contributed by atoms with Crippen LogP contribution >= 0.6 is 11.3 Å². The molecule has 10 nitrogen and oxygen atoms in total. The lowest BCUT2D eigenvalue weighted by Crippen LogP contribution is -2.32. The van der Waals surface area contributed by atoms with Crippen LogP contribution < -0.4 is 20.1 Å². The fourth-order valence-electron chi connectivity index (χ4n) is 5.00. The van der Waals surface area contributed by atoms with Crippen molar-refractivity contribution < 1.29 is 24.2 Å². The fourth-order valence-corrected chi connectivity index (χ4v) is 5.60. The summed E-state index contributed by atoms with van der Waals surface area (Å²) in [6.07, 6.45) is 4.66. The lowest BCUT2D eigenvalue weighted by atomic mass is 9.77. The van der Waals surface area contributed by atoms with Crippen LogP contribution in [-0.2, 0) is 11.2 Å². The van der Waals surface area contributed by atoms with Crippen molar-refractivity contribution in [3.63, 3.8) is 0 Å². The molecule has 1 fully saturated rings. The molecule has 3 heterocycles. The van der Waals surface area contributed by atoms with E-state index in [0.29, 0.717) is 25.5 Å². The molecule has 0 atom stereocenters. The molecule has 1 aliphatic carbocycles. The zero-order valence-corrected chi connectivity index (χ0v) is 21.2. The van der Waals surface area contributed by atoms with Crippen LogP contribution in [0.15, 0.2) is 35.2 Å². The van der Waals surface area contributed by atoms with Crippen molar-refractivity contribution in [3.8, 4) is 11.9 Å².